The number of rotatable bonds is 7. The Kier molecular flexibility index (Phi) is 6.36. The van der Waals surface area contributed by atoms with Crippen LogP contribution in [0.1, 0.15) is 23.7 Å². The minimum atomic E-state index is -0.260. The summed E-state index contributed by atoms with van der Waals surface area (Å²) in [5.41, 5.74) is 6.68. The van der Waals surface area contributed by atoms with E-state index >= 15 is 0 Å². The molecular weight excluding hydrogens is 403 g/mol. The van der Waals surface area contributed by atoms with E-state index in [-0.39, 0.29) is 5.82 Å². The number of methoxy groups -OCH3 is 1. The van der Waals surface area contributed by atoms with Gasteiger partial charge in [-0.3, -0.25) is 0 Å². The average molecular weight is 429 g/mol. The fourth-order valence-corrected chi connectivity index (χ4v) is 3.73. The van der Waals surface area contributed by atoms with Gasteiger partial charge >= 0.3 is 0 Å². The molecule has 0 bridgehead atoms. The summed E-state index contributed by atoms with van der Waals surface area (Å²) < 4.78 is 20.9. The third kappa shape index (κ3) is 4.57. The molecule has 0 unspecified atom stereocenters. The summed E-state index contributed by atoms with van der Waals surface area (Å²) in [4.78, 5) is 5.64. The first-order valence-electron chi connectivity index (χ1n) is 10.4. The number of ether oxygens (including phenoxy) is 1. The Balaban J connectivity index is 1.67. The maximum atomic E-state index is 13.5. The Bertz CT molecular complexity index is 1230. The molecule has 4 nitrogen and oxygen atoms in total. The molecule has 0 amide bonds. The van der Waals surface area contributed by atoms with Crippen LogP contribution in [0.5, 0.6) is 5.75 Å². The van der Waals surface area contributed by atoms with Crippen molar-refractivity contribution in [3.63, 3.8) is 0 Å². The van der Waals surface area contributed by atoms with Crippen LogP contribution < -0.4 is 4.74 Å². The van der Waals surface area contributed by atoms with E-state index < -0.39 is 0 Å². The fraction of sp³-hybridized carbons (Fsp3) is 0.148. The summed E-state index contributed by atoms with van der Waals surface area (Å²) in [6, 6.07) is 26.4. The summed E-state index contributed by atoms with van der Waals surface area (Å²) in [7, 11) is 1.64. The van der Waals surface area contributed by atoms with Gasteiger partial charge in [0.1, 0.15) is 18.2 Å². The first-order chi connectivity index (χ1) is 15.6. The molecule has 0 aliphatic heterocycles. The number of nitrogens with zero attached hydrogens (tertiary/aromatic N) is 2. The van der Waals surface area contributed by atoms with E-state index in [4.69, 9.17) is 9.57 Å². The second kappa shape index (κ2) is 9.52. The van der Waals surface area contributed by atoms with Gasteiger partial charge < -0.3 is 14.1 Å². The molecule has 0 fully saturated rings. The lowest BCUT2D eigenvalue weighted by molar-refractivity contribution is 0.130. The van der Waals surface area contributed by atoms with Crippen LogP contribution in [-0.2, 0) is 11.4 Å². The number of aromatic nitrogens is 1. The van der Waals surface area contributed by atoms with Crippen molar-refractivity contribution in [1.82, 2.24) is 4.57 Å². The van der Waals surface area contributed by atoms with E-state index in [0.29, 0.717) is 6.61 Å². The van der Waals surface area contributed by atoms with Gasteiger partial charge in [-0.15, -0.1) is 0 Å². The van der Waals surface area contributed by atoms with Gasteiger partial charge in [-0.1, -0.05) is 47.6 Å². The van der Waals surface area contributed by atoms with E-state index in [1.807, 2.05) is 56.3 Å². The summed E-state index contributed by atoms with van der Waals surface area (Å²) in [6.45, 7) is 4.31. The Labute approximate surface area is 187 Å². The number of hydrogen-bond donors (Lipinski definition) is 0. The highest BCUT2D eigenvalue weighted by molar-refractivity contribution is 6.01. The van der Waals surface area contributed by atoms with Crippen molar-refractivity contribution in [2.24, 2.45) is 5.16 Å². The smallest absolute Gasteiger partial charge is 0.142 e. The van der Waals surface area contributed by atoms with Crippen LogP contribution in [0, 0.1) is 12.7 Å². The Morgan fingerprint density at radius 3 is 2.41 bits per heavy atom. The van der Waals surface area contributed by atoms with E-state index in [1.165, 1.54) is 12.1 Å². The van der Waals surface area contributed by atoms with E-state index in [9.17, 15) is 4.39 Å². The number of benzene rings is 3. The van der Waals surface area contributed by atoms with E-state index in [1.54, 1.807) is 19.2 Å². The predicted molar refractivity (Wildman–Crippen MR) is 126 cm³/mol. The Hall–Kier alpha value is -3.86. The maximum Gasteiger partial charge on any atom is 0.142 e. The zero-order valence-electron chi connectivity index (χ0n) is 18.4. The molecule has 4 aromatic rings. The van der Waals surface area contributed by atoms with Crippen molar-refractivity contribution < 1.29 is 14.0 Å². The maximum absolute atomic E-state index is 13.5. The van der Waals surface area contributed by atoms with Crippen molar-refractivity contribution in [2.45, 2.75) is 20.5 Å². The van der Waals surface area contributed by atoms with Gasteiger partial charge in [0.05, 0.1) is 18.5 Å². The Morgan fingerprint density at radius 1 is 0.938 bits per heavy atom. The molecule has 1 aromatic heterocycles. The highest BCUT2D eigenvalue weighted by Gasteiger charge is 2.17. The third-order valence-corrected chi connectivity index (χ3v) is 5.36. The largest absolute Gasteiger partial charge is 0.497 e. The molecule has 162 valence electrons. The summed E-state index contributed by atoms with van der Waals surface area (Å²) in [6.07, 6.45) is 0. The van der Waals surface area contributed by atoms with Gasteiger partial charge in [-0.2, -0.15) is 0 Å². The van der Waals surface area contributed by atoms with Gasteiger partial charge in [-0.05, 0) is 67.4 Å². The van der Waals surface area contributed by atoms with Crippen molar-refractivity contribution in [3.05, 3.63) is 108 Å². The van der Waals surface area contributed by atoms with Crippen LogP contribution in [0.4, 0.5) is 4.39 Å². The van der Waals surface area contributed by atoms with Gasteiger partial charge in [0.15, 0.2) is 0 Å². The van der Waals surface area contributed by atoms with Crippen LogP contribution in [0.2, 0.25) is 0 Å². The van der Waals surface area contributed by atoms with Crippen LogP contribution >= 0.6 is 0 Å². The van der Waals surface area contributed by atoms with Crippen LogP contribution in [0.3, 0.4) is 0 Å². The third-order valence-electron chi connectivity index (χ3n) is 5.36. The zero-order valence-corrected chi connectivity index (χ0v) is 18.4. The monoisotopic (exact) mass is 428 g/mol. The molecule has 0 N–H and O–H groups in total. The van der Waals surface area contributed by atoms with E-state index in [2.05, 4.69) is 27.9 Å². The lowest BCUT2D eigenvalue weighted by atomic mass is 10.1. The van der Waals surface area contributed by atoms with Crippen molar-refractivity contribution in [3.8, 4) is 22.7 Å². The summed E-state index contributed by atoms with van der Waals surface area (Å²) >= 11 is 0. The molecule has 0 radical (unpaired) electrons. The molecule has 0 aliphatic carbocycles. The topological polar surface area (TPSA) is 35.8 Å². The molecule has 0 aliphatic rings. The number of hydrogen-bond acceptors (Lipinski definition) is 3. The molecule has 0 saturated carbocycles. The molecule has 3 aromatic carbocycles. The van der Waals surface area contributed by atoms with Crippen molar-refractivity contribution in [2.75, 3.05) is 7.11 Å². The van der Waals surface area contributed by atoms with Gasteiger partial charge in [0, 0.05) is 16.9 Å². The van der Waals surface area contributed by atoms with Crippen molar-refractivity contribution >= 4 is 5.71 Å². The van der Waals surface area contributed by atoms with Crippen LogP contribution in [-0.4, -0.2) is 17.4 Å². The lowest BCUT2D eigenvalue weighted by Crippen LogP contribution is -2.02. The molecule has 0 spiro atoms. The minimum absolute atomic E-state index is 0.260. The number of halogens is 1. The minimum Gasteiger partial charge on any atom is -0.497 e. The highest BCUT2D eigenvalue weighted by atomic mass is 19.1. The van der Waals surface area contributed by atoms with Gasteiger partial charge in [-0.25, -0.2) is 4.39 Å². The second-order valence-corrected chi connectivity index (χ2v) is 7.51. The first-order valence-corrected chi connectivity index (χ1v) is 10.4. The molecule has 5 heteroatoms. The van der Waals surface area contributed by atoms with Crippen LogP contribution in [0.25, 0.3) is 16.9 Å². The lowest BCUT2D eigenvalue weighted by Gasteiger charge is -2.12. The SMILES string of the molecule is COc1cccc(CO/N=C(/C)c2cc(-c3ccccc3)n(-c3ccc(F)cc3)c2C)c1. The molecular formula is C27H25FN2O2. The zero-order chi connectivity index (χ0) is 22.5. The normalized spacial score (nSPS) is 11.4. The average Bonchev–Trinajstić information content (AvgIpc) is 3.17. The molecule has 0 atom stereocenters. The predicted octanol–water partition coefficient (Wildman–Crippen LogP) is 6.54. The molecule has 4 rings (SSSR count). The quantitative estimate of drug-likeness (QED) is 0.247. The molecule has 0 saturated heterocycles. The number of oxime groups is 1. The molecule has 32 heavy (non-hydrogen) atoms. The van der Waals surface area contributed by atoms with E-state index in [0.717, 1.165) is 45.2 Å². The Morgan fingerprint density at radius 2 is 1.69 bits per heavy atom. The second-order valence-electron chi connectivity index (χ2n) is 7.51. The summed E-state index contributed by atoms with van der Waals surface area (Å²) in [5, 5.41) is 4.36. The van der Waals surface area contributed by atoms with Gasteiger partial charge in [0.2, 0.25) is 0 Å². The highest BCUT2D eigenvalue weighted by Crippen LogP contribution is 2.30. The fourth-order valence-electron chi connectivity index (χ4n) is 3.73. The van der Waals surface area contributed by atoms with Crippen LogP contribution in [0.15, 0.2) is 90.1 Å². The first kappa shape index (κ1) is 21.4. The van der Waals surface area contributed by atoms with Gasteiger partial charge in [0.25, 0.3) is 0 Å². The van der Waals surface area contributed by atoms with Crippen molar-refractivity contribution in [1.29, 1.82) is 0 Å². The standard InChI is InChI=1S/C27H25FN2O2/c1-19(29-32-18-21-8-7-11-25(16-21)31-3)26-17-27(22-9-5-4-6-10-22)30(20(26)2)24-14-12-23(28)13-15-24/h4-17H,18H2,1-3H3/b29-19-. The molecule has 1 heterocycles. The summed E-state index contributed by atoms with van der Waals surface area (Å²) in [5.74, 6) is 0.523.